The van der Waals surface area contributed by atoms with Crippen molar-refractivity contribution in [2.75, 3.05) is 0 Å². The Bertz CT molecular complexity index is 732. The highest BCUT2D eigenvalue weighted by molar-refractivity contribution is 6.41. The van der Waals surface area contributed by atoms with E-state index in [0.717, 1.165) is 5.56 Å². The molecule has 2 rings (SSSR count). The summed E-state index contributed by atoms with van der Waals surface area (Å²) in [5.41, 5.74) is 0.425. The van der Waals surface area contributed by atoms with Crippen molar-refractivity contribution in [3.63, 3.8) is 0 Å². The van der Waals surface area contributed by atoms with Gasteiger partial charge in [-0.05, 0) is 32.4 Å². The van der Waals surface area contributed by atoms with E-state index in [2.05, 4.69) is 10.3 Å². The predicted molar refractivity (Wildman–Crippen MR) is 97.9 cm³/mol. The molecule has 1 atom stereocenters. The van der Waals surface area contributed by atoms with Crippen LogP contribution >= 0.6 is 23.2 Å². The average molecular weight is 383 g/mol. The number of hydrogen-bond acceptors (Lipinski definition) is 3. The van der Waals surface area contributed by atoms with Crippen molar-refractivity contribution in [2.45, 2.75) is 38.8 Å². The molecule has 1 aromatic carbocycles. The second-order valence-corrected chi connectivity index (χ2v) is 7.36. The minimum absolute atomic E-state index is 0.00912. The standard InChI is InChI=1S/C18H20Cl2N2O3/c1-18(2,3)25-15(23)10-13(11-7-5-4-6-8-11)22-17(24)14-9-12(19)16(20)21-14/h4-9,13,21H,10H2,1-3H3,(H,22,24)/t13-/m0/s1. The fourth-order valence-corrected chi connectivity index (χ4v) is 2.56. The third-order valence-electron chi connectivity index (χ3n) is 3.27. The Labute approximate surface area is 156 Å². The Balaban J connectivity index is 2.17. The predicted octanol–water partition coefficient (Wildman–Crippen LogP) is 4.52. The second kappa shape index (κ2) is 7.93. The van der Waals surface area contributed by atoms with Crippen LogP contribution < -0.4 is 5.32 Å². The van der Waals surface area contributed by atoms with Crippen LogP contribution in [-0.2, 0) is 9.53 Å². The van der Waals surface area contributed by atoms with Gasteiger partial charge in [0.2, 0.25) is 0 Å². The zero-order valence-electron chi connectivity index (χ0n) is 14.2. The Kier molecular flexibility index (Phi) is 6.14. The first-order valence-corrected chi connectivity index (χ1v) is 8.53. The van der Waals surface area contributed by atoms with Gasteiger partial charge in [0.15, 0.2) is 0 Å². The monoisotopic (exact) mass is 382 g/mol. The molecule has 2 N–H and O–H groups in total. The molecule has 134 valence electrons. The largest absolute Gasteiger partial charge is 0.460 e. The van der Waals surface area contributed by atoms with E-state index in [1.165, 1.54) is 6.07 Å². The van der Waals surface area contributed by atoms with Crippen molar-refractivity contribution in [3.05, 3.63) is 57.8 Å². The van der Waals surface area contributed by atoms with Gasteiger partial charge < -0.3 is 15.0 Å². The molecule has 0 aliphatic heterocycles. The number of esters is 1. The van der Waals surface area contributed by atoms with Gasteiger partial charge >= 0.3 is 5.97 Å². The number of carbonyl (C=O) groups excluding carboxylic acids is 2. The van der Waals surface area contributed by atoms with Crippen LogP contribution in [-0.4, -0.2) is 22.5 Å². The van der Waals surface area contributed by atoms with E-state index in [4.69, 9.17) is 27.9 Å². The van der Waals surface area contributed by atoms with Crippen LogP contribution in [0.1, 0.15) is 49.3 Å². The normalized spacial score (nSPS) is 12.5. The Morgan fingerprint density at radius 1 is 1.20 bits per heavy atom. The molecular weight excluding hydrogens is 363 g/mol. The highest BCUT2D eigenvalue weighted by Crippen LogP contribution is 2.24. The van der Waals surface area contributed by atoms with Crippen molar-refractivity contribution in [2.24, 2.45) is 0 Å². The second-order valence-electron chi connectivity index (χ2n) is 6.57. The number of benzene rings is 1. The summed E-state index contributed by atoms with van der Waals surface area (Å²) in [5.74, 6) is -0.810. The number of aromatic nitrogens is 1. The van der Waals surface area contributed by atoms with Gasteiger partial charge in [-0.25, -0.2) is 0 Å². The molecule has 7 heteroatoms. The van der Waals surface area contributed by atoms with Gasteiger partial charge in [0, 0.05) is 0 Å². The van der Waals surface area contributed by atoms with Crippen LogP contribution in [0.5, 0.6) is 0 Å². The fourth-order valence-electron chi connectivity index (χ4n) is 2.25. The molecule has 0 spiro atoms. The summed E-state index contributed by atoms with van der Waals surface area (Å²) < 4.78 is 5.36. The summed E-state index contributed by atoms with van der Waals surface area (Å²) in [6.07, 6.45) is 0.00912. The summed E-state index contributed by atoms with van der Waals surface area (Å²) in [5, 5.41) is 3.27. The maximum Gasteiger partial charge on any atom is 0.308 e. The summed E-state index contributed by atoms with van der Waals surface area (Å²) in [4.78, 5) is 27.3. The summed E-state index contributed by atoms with van der Waals surface area (Å²) in [6.45, 7) is 5.39. The third kappa shape index (κ3) is 5.80. The molecule has 0 fully saturated rings. The molecule has 25 heavy (non-hydrogen) atoms. The number of nitrogens with one attached hydrogen (secondary N) is 2. The smallest absolute Gasteiger partial charge is 0.308 e. The molecule has 0 unspecified atom stereocenters. The molecule has 0 bridgehead atoms. The Morgan fingerprint density at radius 3 is 2.36 bits per heavy atom. The summed E-state index contributed by atoms with van der Waals surface area (Å²) in [7, 11) is 0. The van der Waals surface area contributed by atoms with E-state index in [0.29, 0.717) is 0 Å². The number of rotatable bonds is 5. The van der Waals surface area contributed by atoms with Crippen molar-refractivity contribution in [1.82, 2.24) is 10.3 Å². The molecule has 1 heterocycles. The molecule has 0 radical (unpaired) electrons. The van der Waals surface area contributed by atoms with Crippen molar-refractivity contribution < 1.29 is 14.3 Å². The highest BCUT2D eigenvalue weighted by atomic mass is 35.5. The summed E-state index contributed by atoms with van der Waals surface area (Å²) in [6, 6.07) is 10.1. The van der Waals surface area contributed by atoms with E-state index in [1.807, 2.05) is 30.3 Å². The van der Waals surface area contributed by atoms with Gasteiger partial charge in [0.25, 0.3) is 5.91 Å². The van der Waals surface area contributed by atoms with Gasteiger partial charge in [-0.3, -0.25) is 9.59 Å². The van der Waals surface area contributed by atoms with Crippen LogP contribution in [0.15, 0.2) is 36.4 Å². The van der Waals surface area contributed by atoms with Gasteiger partial charge in [-0.15, -0.1) is 0 Å². The molecule has 0 saturated heterocycles. The van der Waals surface area contributed by atoms with E-state index in [-0.39, 0.29) is 22.3 Å². The Morgan fingerprint density at radius 2 is 1.84 bits per heavy atom. The maximum absolute atomic E-state index is 12.4. The zero-order chi connectivity index (χ0) is 18.6. The van der Waals surface area contributed by atoms with Crippen LogP contribution in [0.4, 0.5) is 0 Å². The number of hydrogen-bond donors (Lipinski definition) is 2. The van der Waals surface area contributed by atoms with Crippen LogP contribution in [0.25, 0.3) is 0 Å². The molecule has 1 amide bonds. The lowest BCUT2D eigenvalue weighted by Gasteiger charge is -2.23. The third-order valence-corrected chi connectivity index (χ3v) is 3.96. The number of carbonyl (C=O) groups is 2. The van der Waals surface area contributed by atoms with E-state index in [1.54, 1.807) is 20.8 Å². The minimum Gasteiger partial charge on any atom is -0.460 e. The fraction of sp³-hybridized carbons (Fsp3) is 0.333. The van der Waals surface area contributed by atoms with E-state index < -0.39 is 23.5 Å². The van der Waals surface area contributed by atoms with Gasteiger partial charge in [-0.1, -0.05) is 53.5 Å². The van der Waals surface area contributed by atoms with Crippen LogP contribution in [0, 0.1) is 0 Å². The average Bonchev–Trinajstić information content (AvgIpc) is 2.85. The summed E-state index contributed by atoms with van der Waals surface area (Å²) >= 11 is 11.7. The molecule has 0 saturated carbocycles. The van der Waals surface area contributed by atoms with Crippen LogP contribution in [0.2, 0.25) is 10.2 Å². The van der Waals surface area contributed by atoms with E-state index in [9.17, 15) is 9.59 Å². The lowest BCUT2D eigenvalue weighted by molar-refractivity contribution is -0.155. The minimum atomic E-state index is -0.594. The van der Waals surface area contributed by atoms with Gasteiger partial charge in [-0.2, -0.15) is 0 Å². The molecule has 1 aromatic heterocycles. The topological polar surface area (TPSA) is 71.2 Å². The SMILES string of the molecule is CC(C)(C)OC(=O)C[C@H](NC(=O)c1cc(Cl)c(Cl)[nH]1)c1ccccc1. The number of halogens is 2. The quantitative estimate of drug-likeness (QED) is 0.746. The molecule has 0 aliphatic carbocycles. The molecule has 5 nitrogen and oxygen atoms in total. The lowest BCUT2D eigenvalue weighted by atomic mass is 10.0. The first-order chi connectivity index (χ1) is 11.7. The molecule has 2 aromatic rings. The molecular formula is C18H20Cl2N2O3. The number of amides is 1. The molecule has 0 aliphatic rings. The lowest BCUT2D eigenvalue weighted by Crippen LogP contribution is -2.32. The number of H-pyrrole nitrogens is 1. The Hall–Kier alpha value is -1.98. The van der Waals surface area contributed by atoms with Crippen molar-refractivity contribution in [3.8, 4) is 0 Å². The van der Waals surface area contributed by atoms with Gasteiger partial charge in [0.05, 0.1) is 17.5 Å². The first-order valence-electron chi connectivity index (χ1n) is 7.77. The first kappa shape index (κ1) is 19.3. The van der Waals surface area contributed by atoms with E-state index >= 15 is 0 Å². The van der Waals surface area contributed by atoms with Crippen LogP contribution in [0.3, 0.4) is 0 Å². The number of aromatic amines is 1. The maximum atomic E-state index is 12.4. The van der Waals surface area contributed by atoms with Gasteiger partial charge in [0.1, 0.15) is 16.4 Å². The highest BCUT2D eigenvalue weighted by Gasteiger charge is 2.24. The van der Waals surface area contributed by atoms with Crippen molar-refractivity contribution >= 4 is 35.1 Å². The zero-order valence-corrected chi connectivity index (χ0v) is 15.7. The van der Waals surface area contributed by atoms with Crippen molar-refractivity contribution in [1.29, 1.82) is 0 Å². The number of ether oxygens (including phenoxy) is 1.